The standard InChI is InChI=1S/C16H24N2O2/c1-4-13-5-7-14(8-6-13)16(2,15(19)20)18-11-9-17(3)10-12-18/h5-8H,4,9-12H2,1-3H3,(H,19,20). The largest absolute Gasteiger partial charge is 0.480 e. The van der Waals surface area contributed by atoms with Crippen LogP contribution in [0.5, 0.6) is 0 Å². The molecule has 110 valence electrons. The molecule has 20 heavy (non-hydrogen) atoms. The van der Waals surface area contributed by atoms with E-state index in [0.717, 1.165) is 38.2 Å². The first-order chi connectivity index (χ1) is 9.48. The molecule has 1 aromatic carbocycles. The molecular formula is C16H24N2O2. The van der Waals surface area contributed by atoms with Gasteiger partial charge in [0.1, 0.15) is 5.54 Å². The molecule has 1 aliphatic rings. The molecular weight excluding hydrogens is 252 g/mol. The summed E-state index contributed by atoms with van der Waals surface area (Å²) < 4.78 is 0. The molecule has 2 rings (SSSR count). The number of hydrogen-bond acceptors (Lipinski definition) is 3. The van der Waals surface area contributed by atoms with Gasteiger partial charge in [0, 0.05) is 26.2 Å². The monoisotopic (exact) mass is 276 g/mol. The zero-order valence-corrected chi connectivity index (χ0v) is 12.6. The summed E-state index contributed by atoms with van der Waals surface area (Å²) in [7, 11) is 2.07. The Kier molecular flexibility index (Phi) is 4.45. The molecule has 1 fully saturated rings. The van der Waals surface area contributed by atoms with Crippen LogP contribution in [-0.4, -0.2) is 54.1 Å². The normalized spacial score (nSPS) is 20.6. The van der Waals surface area contributed by atoms with E-state index >= 15 is 0 Å². The van der Waals surface area contributed by atoms with Crippen molar-refractivity contribution in [2.45, 2.75) is 25.8 Å². The molecule has 0 amide bonds. The molecule has 0 aliphatic carbocycles. The van der Waals surface area contributed by atoms with Gasteiger partial charge in [-0.25, -0.2) is 4.79 Å². The molecule has 0 bridgehead atoms. The third-order valence-electron chi connectivity index (χ3n) is 4.48. The quantitative estimate of drug-likeness (QED) is 0.910. The van der Waals surface area contributed by atoms with Gasteiger partial charge < -0.3 is 10.0 Å². The fraction of sp³-hybridized carbons (Fsp3) is 0.562. The number of carbonyl (C=O) groups is 1. The lowest BCUT2D eigenvalue weighted by molar-refractivity contribution is -0.152. The first kappa shape index (κ1) is 15.0. The van der Waals surface area contributed by atoms with Gasteiger partial charge in [0.25, 0.3) is 0 Å². The summed E-state index contributed by atoms with van der Waals surface area (Å²) >= 11 is 0. The van der Waals surface area contributed by atoms with Gasteiger partial charge in [0.05, 0.1) is 0 Å². The van der Waals surface area contributed by atoms with Crippen LogP contribution < -0.4 is 0 Å². The van der Waals surface area contributed by atoms with Crippen molar-refractivity contribution < 1.29 is 9.90 Å². The molecule has 1 aromatic rings. The minimum Gasteiger partial charge on any atom is -0.480 e. The van der Waals surface area contributed by atoms with Gasteiger partial charge in [0.15, 0.2) is 0 Å². The van der Waals surface area contributed by atoms with Crippen molar-refractivity contribution in [2.75, 3.05) is 33.2 Å². The zero-order chi connectivity index (χ0) is 14.8. The number of aliphatic carboxylic acids is 1. The van der Waals surface area contributed by atoms with Crippen LogP contribution in [-0.2, 0) is 16.8 Å². The molecule has 1 saturated heterocycles. The van der Waals surface area contributed by atoms with Gasteiger partial charge >= 0.3 is 5.97 Å². The number of nitrogens with zero attached hydrogens (tertiary/aromatic N) is 2. The molecule has 1 aliphatic heterocycles. The average molecular weight is 276 g/mol. The van der Waals surface area contributed by atoms with Crippen molar-refractivity contribution in [2.24, 2.45) is 0 Å². The highest BCUT2D eigenvalue weighted by atomic mass is 16.4. The van der Waals surface area contributed by atoms with Gasteiger partial charge in [-0.2, -0.15) is 0 Å². The van der Waals surface area contributed by atoms with Crippen LogP contribution in [0.3, 0.4) is 0 Å². The molecule has 1 N–H and O–H groups in total. The SMILES string of the molecule is CCc1ccc(C(C)(C(=O)O)N2CCN(C)CC2)cc1. The van der Waals surface area contributed by atoms with Gasteiger partial charge in [0.2, 0.25) is 0 Å². The van der Waals surface area contributed by atoms with Gasteiger partial charge in [-0.15, -0.1) is 0 Å². The second-order valence-corrected chi connectivity index (χ2v) is 5.72. The van der Waals surface area contributed by atoms with E-state index in [2.05, 4.69) is 23.8 Å². The first-order valence-corrected chi connectivity index (χ1v) is 7.25. The Labute approximate surface area is 121 Å². The van der Waals surface area contributed by atoms with Crippen LogP contribution in [0.15, 0.2) is 24.3 Å². The Bertz CT molecular complexity index is 464. The summed E-state index contributed by atoms with van der Waals surface area (Å²) in [5, 5.41) is 9.78. The van der Waals surface area contributed by atoms with E-state index in [9.17, 15) is 9.90 Å². The van der Waals surface area contributed by atoms with Crippen LogP contribution in [0, 0.1) is 0 Å². The van der Waals surface area contributed by atoms with E-state index in [1.165, 1.54) is 5.56 Å². The predicted octanol–water partition coefficient (Wildman–Crippen LogP) is 1.80. The Morgan fingerprint density at radius 2 is 1.75 bits per heavy atom. The number of carboxylic acid groups (broad SMARTS) is 1. The summed E-state index contributed by atoms with van der Waals surface area (Å²) in [5.74, 6) is -0.772. The fourth-order valence-corrected chi connectivity index (χ4v) is 2.76. The predicted molar refractivity (Wildman–Crippen MR) is 79.9 cm³/mol. The minimum absolute atomic E-state index is 0.772. The molecule has 0 spiro atoms. The lowest BCUT2D eigenvalue weighted by atomic mass is 9.88. The highest BCUT2D eigenvalue weighted by molar-refractivity contribution is 5.80. The highest BCUT2D eigenvalue weighted by Crippen LogP contribution is 2.30. The van der Waals surface area contributed by atoms with Gasteiger partial charge in [-0.1, -0.05) is 31.2 Å². The second kappa shape index (κ2) is 5.94. The van der Waals surface area contributed by atoms with Crippen LogP contribution >= 0.6 is 0 Å². The maximum absolute atomic E-state index is 11.9. The minimum atomic E-state index is -0.937. The smallest absolute Gasteiger partial charge is 0.328 e. The van der Waals surface area contributed by atoms with E-state index in [0.29, 0.717) is 0 Å². The average Bonchev–Trinajstić information content (AvgIpc) is 2.47. The molecule has 0 saturated carbocycles. The topological polar surface area (TPSA) is 43.8 Å². The number of likely N-dealkylation sites (N-methyl/N-ethyl adjacent to an activating group) is 1. The summed E-state index contributed by atoms with van der Waals surface area (Å²) in [6.07, 6.45) is 0.971. The van der Waals surface area contributed by atoms with E-state index < -0.39 is 11.5 Å². The van der Waals surface area contributed by atoms with E-state index in [1.807, 2.05) is 31.2 Å². The van der Waals surface area contributed by atoms with Crippen molar-refractivity contribution in [3.8, 4) is 0 Å². The van der Waals surface area contributed by atoms with Crippen LogP contribution in [0.25, 0.3) is 0 Å². The Hall–Kier alpha value is -1.39. The molecule has 0 aromatic heterocycles. The van der Waals surface area contributed by atoms with Gasteiger partial charge in [-0.05, 0) is 31.5 Å². The van der Waals surface area contributed by atoms with Crippen molar-refractivity contribution >= 4 is 5.97 Å². The summed E-state index contributed by atoms with van der Waals surface area (Å²) in [4.78, 5) is 16.2. The maximum Gasteiger partial charge on any atom is 0.328 e. The molecule has 1 heterocycles. The van der Waals surface area contributed by atoms with Crippen molar-refractivity contribution in [1.29, 1.82) is 0 Å². The number of piperazine rings is 1. The van der Waals surface area contributed by atoms with Crippen molar-refractivity contribution in [3.05, 3.63) is 35.4 Å². The molecule has 1 atom stereocenters. The maximum atomic E-state index is 11.9. The lowest BCUT2D eigenvalue weighted by Crippen LogP contribution is -2.56. The van der Waals surface area contributed by atoms with Crippen LogP contribution in [0.4, 0.5) is 0 Å². The molecule has 4 heteroatoms. The number of aryl methyl sites for hydroxylation is 1. The third-order valence-corrected chi connectivity index (χ3v) is 4.48. The highest BCUT2D eigenvalue weighted by Gasteiger charge is 2.42. The molecule has 0 radical (unpaired) electrons. The molecule has 4 nitrogen and oxygen atoms in total. The van der Waals surface area contributed by atoms with E-state index in [4.69, 9.17) is 0 Å². The second-order valence-electron chi connectivity index (χ2n) is 5.72. The number of rotatable bonds is 4. The van der Waals surface area contributed by atoms with Crippen LogP contribution in [0.2, 0.25) is 0 Å². The Balaban J connectivity index is 2.30. The van der Waals surface area contributed by atoms with E-state index in [-0.39, 0.29) is 0 Å². The molecule has 1 unspecified atom stereocenters. The third kappa shape index (κ3) is 2.72. The van der Waals surface area contributed by atoms with Crippen molar-refractivity contribution in [1.82, 2.24) is 9.80 Å². The van der Waals surface area contributed by atoms with E-state index in [1.54, 1.807) is 0 Å². The number of hydrogen-bond donors (Lipinski definition) is 1. The van der Waals surface area contributed by atoms with Crippen LogP contribution in [0.1, 0.15) is 25.0 Å². The van der Waals surface area contributed by atoms with Gasteiger partial charge in [-0.3, -0.25) is 4.90 Å². The zero-order valence-electron chi connectivity index (χ0n) is 12.6. The Morgan fingerprint density at radius 1 is 1.20 bits per heavy atom. The lowest BCUT2D eigenvalue weighted by Gasteiger charge is -2.42. The summed E-state index contributed by atoms with van der Waals surface area (Å²) in [5.41, 5.74) is 1.17. The number of carboxylic acids is 1. The summed E-state index contributed by atoms with van der Waals surface area (Å²) in [6, 6.07) is 8.00. The van der Waals surface area contributed by atoms with Crippen molar-refractivity contribution in [3.63, 3.8) is 0 Å². The Morgan fingerprint density at radius 3 is 2.20 bits per heavy atom. The first-order valence-electron chi connectivity index (χ1n) is 7.25. The fourth-order valence-electron chi connectivity index (χ4n) is 2.76. The number of benzene rings is 1. The summed E-state index contributed by atoms with van der Waals surface area (Å²) in [6.45, 7) is 7.32.